The van der Waals surface area contributed by atoms with Gasteiger partial charge in [0.1, 0.15) is 5.75 Å². The molecule has 1 atom stereocenters. The molecule has 1 aliphatic heterocycles. The average molecular weight is 376 g/mol. The van der Waals surface area contributed by atoms with Gasteiger partial charge in [0.25, 0.3) is 0 Å². The summed E-state index contributed by atoms with van der Waals surface area (Å²) in [5, 5.41) is 6.38. The molecule has 0 aromatic heterocycles. The first kappa shape index (κ1) is 16.6. The Morgan fingerprint density at radius 3 is 2.81 bits per heavy atom. The number of halogens is 2. The van der Waals surface area contributed by atoms with Crippen LogP contribution in [0.15, 0.2) is 22.7 Å². The Labute approximate surface area is 139 Å². The lowest BCUT2D eigenvalue weighted by atomic mass is 9.92. The summed E-state index contributed by atoms with van der Waals surface area (Å²) in [6, 6.07) is 5.64. The van der Waals surface area contributed by atoms with Gasteiger partial charge in [-0.3, -0.25) is 4.79 Å². The quantitative estimate of drug-likeness (QED) is 0.853. The summed E-state index contributed by atoms with van der Waals surface area (Å²) in [5.74, 6) is 0.984. The molecule has 1 amide bonds. The van der Waals surface area contributed by atoms with Gasteiger partial charge < -0.3 is 15.4 Å². The van der Waals surface area contributed by atoms with Crippen molar-refractivity contribution in [2.75, 3.05) is 25.5 Å². The summed E-state index contributed by atoms with van der Waals surface area (Å²) >= 11 is 3.42. The maximum atomic E-state index is 12.4. The lowest BCUT2D eigenvalue weighted by Gasteiger charge is -2.23. The number of hydrogen-bond donors (Lipinski definition) is 2. The zero-order chi connectivity index (χ0) is 14.2. The Hall–Kier alpha value is -0.780. The summed E-state index contributed by atoms with van der Waals surface area (Å²) in [4.78, 5) is 12.4. The maximum Gasteiger partial charge on any atom is 0.228 e. The first-order valence-electron chi connectivity index (χ1n) is 7.00. The molecule has 2 N–H and O–H groups in total. The predicted octanol–water partition coefficient (Wildman–Crippen LogP) is 3.21. The van der Waals surface area contributed by atoms with Crippen LogP contribution in [0.4, 0.5) is 5.69 Å². The van der Waals surface area contributed by atoms with Crippen molar-refractivity contribution in [2.45, 2.75) is 19.3 Å². The third-order valence-corrected chi connectivity index (χ3v) is 5.02. The second kappa shape index (κ2) is 6.55. The number of methoxy groups -OCH3 is 1. The van der Waals surface area contributed by atoms with E-state index < -0.39 is 0 Å². The Morgan fingerprint density at radius 1 is 1.43 bits per heavy atom. The maximum absolute atomic E-state index is 12.4. The molecular formula is C15H20BrClN2O2. The Balaban J connectivity index is 0.00000161. The van der Waals surface area contributed by atoms with Crippen molar-refractivity contribution in [3.8, 4) is 5.75 Å². The molecular weight excluding hydrogens is 356 g/mol. The number of carbonyl (C=O) groups is 1. The lowest BCUT2D eigenvalue weighted by Crippen LogP contribution is -2.31. The fourth-order valence-corrected chi connectivity index (χ4v) is 3.55. The molecule has 1 aromatic carbocycles. The van der Waals surface area contributed by atoms with Crippen molar-refractivity contribution in [2.24, 2.45) is 11.3 Å². The first-order chi connectivity index (χ1) is 9.64. The standard InChI is InChI=1S/C15H19BrN2O2.ClH/c1-20-13-3-2-10(16)8-12(13)18-14(19)11-9-15(11)4-6-17-7-5-15;/h2-3,8,11,17H,4-7,9H2,1H3,(H,18,19);1H. The molecule has 1 aliphatic carbocycles. The van der Waals surface area contributed by atoms with Gasteiger partial charge in [-0.05, 0) is 56.0 Å². The molecule has 0 radical (unpaired) electrons. The second-order valence-electron chi connectivity index (χ2n) is 5.70. The average Bonchev–Trinajstić information content (AvgIpc) is 3.13. The van der Waals surface area contributed by atoms with Crippen LogP contribution in [0.5, 0.6) is 5.75 Å². The van der Waals surface area contributed by atoms with Crippen LogP contribution < -0.4 is 15.4 Å². The zero-order valence-corrected chi connectivity index (χ0v) is 14.4. The van der Waals surface area contributed by atoms with E-state index in [1.165, 1.54) is 0 Å². The van der Waals surface area contributed by atoms with E-state index in [2.05, 4.69) is 26.6 Å². The first-order valence-corrected chi connectivity index (χ1v) is 7.79. The minimum absolute atomic E-state index is 0. The van der Waals surface area contributed by atoms with Crippen molar-refractivity contribution in [3.63, 3.8) is 0 Å². The van der Waals surface area contributed by atoms with Gasteiger partial charge in [0.15, 0.2) is 0 Å². The summed E-state index contributed by atoms with van der Waals surface area (Å²) in [6.45, 7) is 2.06. The van der Waals surface area contributed by atoms with Gasteiger partial charge in [-0.25, -0.2) is 0 Å². The number of piperidine rings is 1. The van der Waals surface area contributed by atoms with Crippen molar-refractivity contribution >= 4 is 39.9 Å². The summed E-state index contributed by atoms with van der Waals surface area (Å²) in [6.07, 6.45) is 3.25. The van der Waals surface area contributed by atoms with Gasteiger partial charge in [-0.2, -0.15) is 0 Å². The molecule has 21 heavy (non-hydrogen) atoms. The molecule has 116 valence electrons. The van der Waals surface area contributed by atoms with Crippen LogP contribution in [-0.4, -0.2) is 26.1 Å². The molecule has 2 aliphatic rings. The van der Waals surface area contributed by atoms with Crippen LogP contribution in [0.25, 0.3) is 0 Å². The number of hydrogen-bond acceptors (Lipinski definition) is 3. The van der Waals surface area contributed by atoms with Crippen LogP contribution in [0.3, 0.4) is 0 Å². The minimum atomic E-state index is 0. The number of carbonyl (C=O) groups excluding carboxylic acids is 1. The van der Waals surface area contributed by atoms with Crippen molar-refractivity contribution < 1.29 is 9.53 Å². The van der Waals surface area contributed by atoms with Crippen LogP contribution in [-0.2, 0) is 4.79 Å². The van der Waals surface area contributed by atoms with E-state index >= 15 is 0 Å². The third kappa shape index (κ3) is 3.35. The van der Waals surface area contributed by atoms with Gasteiger partial charge in [-0.1, -0.05) is 15.9 Å². The minimum Gasteiger partial charge on any atom is -0.495 e. The van der Waals surface area contributed by atoms with Crippen molar-refractivity contribution in [3.05, 3.63) is 22.7 Å². The third-order valence-electron chi connectivity index (χ3n) is 4.52. The molecule has 1 saturated carbocycles. The zero-order valence-electron chi connectivity index (χ0n) is 11.9. The molecule has 2 fully saturated rings. The van der Waals surface area contributed by atoms with Gasteiger partial charge >= 0.3 is 0 Å². The summed E-state index contributed by atoms with van der Waals surface area (Å²) in [7, 11) is 1.62. The number of ether oxygens (including phenoxy) is 1. The van der Waals surface area contributed by atoms with Gasteiger partial charge in [0.05, 0.1) is 12.8 Å². The summed E-state index contributed by atoms with van der Waals surface area (Å²) < 4.78 is 6.22. The number of benzene rings is 1. The highest BCUT2D eigenvalue weighted by Crippen LogP contribution is 2.58. The smallest absolute Gasteiger partial charge is 0.228 e. The van der Waals surface area contributed by atoms with E-state index in [9.17, 15) is 4.79 Å². The van der Waals surface area contributed by atoms with Crippen molar-refractivity contribution in [1.29, 1.82) is 0 Å². The molecule has 1 spiro atoms. The second-order valence-corrected chi connectivity index (χ2v) is 6.62. The highest BCUT2D eigenvalue weighted by Gasteiger charge is 2.57. The Kier molecular flexibility index (Phi) is 5.17. The largest absolute Gasteiger partial charge is 0.495 e. The van der Waals surface area contributed by atoms with Crippen LogP contribution in [0.2, 0.25) is 0 Å². The molecule has 6 heteroatoms. The number of nitrogens with one attached hydrogen (secondary N) is 2. The van der Waals surface area contributed by atoms with Crippen LogP contribution in [0, 0.1) is 11.3 Å². The van der Waals surface area contributed by atoms with E-state index in [1.807, 2.05) is 18.2 Å². The molecule has 3 rings (SSSR count). The molecule has 1 saturated heterocycles. The fraction of sp³-hybridized carbons (Fsp3) is 0.533. The number of amides is 1. The molecule has 1 heterocycles. The lowest BCUT2D eigenvalue weighted by molar-refractivity contribution is -0.118. The summed E-state index contributed by atoms with van der Waals surface area (Å²) in [5.41, 5.74) is 0.997. The molecule has 1 unspecified atom stereocenters. The SMILES string of the molecule is COc1ccc(Br)cc1NC(=O)C1CC12CCNCC2.Cl. The normalized spacial score (nSPS) is 22.3. The Morgan fingerprint density at radius 2 is 2.14 bits per heavy atom. The van der Waals surface area contributed by atoms with E-state index in [0.717, 1.165) is 42.5 Å². The van der Waals surface area contributed by atoms with Gasteiger partial charge in [-0.15, -0.1) is 12.4 Å². The number of rotatable bonds is 3. The van der Waals surface area contributed by atoms with E-state index in [1.54, 1.807) is 7.11 Å². The number of anilines is 1. The van der Waals surface area contributed by atoms with Crippen LogP contribution in [0.1, 0.15) is 19.3 Å². The van der Waals surface area contributed by atoms with Gasteiger partial charge in [0, 0.05) is 10.4 Å². The van der Waals surface area contributed by atoms with Crippen LogP contribution >= 0.6 is 28.3 Å². The molecule has 0 bridgehead atoms. The van der Waals surface area contributed by atoms with E-state index in [-0.39, 0.29) is 29.6 Å². The highest BCUT2D eigenvalue weighted by atomic mass is 79.9. The Bertz CT molecular complexity index is 532. The van der Waals surface area contributed by atoms with E-state index in [4.69, 9.17) is 4.74 Å². The molecule has 1 aromatic rings. The topological polar surface area (TPSA) is 50.4 Å². The van der Waals surface area contributed by atoms with E-state index in [0.29, 0.717) is 5.75 Å². The molecule has 4 nitrogen and oxygen atoms in total. The highest BCUT2D eigenvalue weighted by molar-refractivity contribution is 9.10. The monoisotopic (exact) mass is 374 g/mol. The predicted molar refractivity (Wildman–Crippen MR) is 89.2 cm³/mol. The van der Waals surface area contributed by atoms with Crippen molar-refractivity contribution in [1.82, 2.24) is 5.32 Å². The van der Waals surface area contributed by atoms with Gasteiger partial charge in [0.2, 0.25) is 5.91 Å². The fourth-order valence-electron chi connectivity index (χ4n) is 3.19.